The van der Waals surface area contributed by atoms with Gasteiger partial charge < -0.3 is 9.64 Å². The van der Waals surface area contributed by atoms with Gasteiger partial charge in [0.1, 0.15) is 10.6 Å². The average molecular weight is 331 g/mol. The van der Waals surface area contributed by atoms with E-state index in [1.807, 2.05) is 24.6 Å². The highest BCUT2D eigenvalue weighted by molar-refractivity contribution is 7.12. The normalized spacial score (nSPS) is 20.1. The molecule has 5 nitrogen and oxygen atoms in total. The molecule has 2 aliphatic carbocycles. The second kappa shape index (κ2) is 6.00. The van der Waals surface area contributed by atoms with Crippen molar-refractivity contribution in [2.24, 2.45) is 0 Å². The van der Waals surface area contributed by atoms with Crippen molar-refractivity contribution in [2.45, 2.75) is 51.1 Å². The fourth-order valence-electron chi connectivity index (χ4n) is 3.46. The number of fused-ring (bicyclic) bond motifs is 1. The Kier molecular flexibility index (Phi) is 3.85. The predicted octanol–water partition coefficient (Wildman–Crippen LogP) is 3.03. The Hall–Kier alpha value is -1.82. The van der Waals surface area contributed by atoms with Gasteiger partial charge in [-0.05, 0) is 56.0 Å². The summed E-state index contributed by atoms with van der Waals surface area (Å²) in [6.07, 6.45) is 7.04. The molecule has 6 heteroatoms. The van der Waals surface area contributed by atoms with Crippen LogP contribution in [0.4, 0.5) is 0 Å². The second-order valence-corrected chi connectivity index (χ2v) is 7.18. The second-order valence-electron chi connectivity index (χ2n) is 6.26. The molecule has 1 saturated carbocycles. The summed E-state index contributed by atoms with van der Waals surface area (Å²) in [5, 5.41) is 9.16. The third-order valence-corrected chi connectivity index (χ3v) is 5.57. The van der Waals surface area contributed by atoms with E-state index in [1.165, 1.54) is 22.6 Å². The minimum Gasteiger partial charge on any atom is -0.492 e. The molecule has 4 rings (SSSR count). The number of aromatic amines is 1. The molecule has 0 bridgehead atoms. The molecule has 1 atom stereocenters. The van der Waals surface area contributed by atoms with Gasteiger partial charge in [0.2, 0.25) is 0 Å². The lowest BCUT2D eigenvalue weighted by Gasteiger charge is -2.34. The maximum Gasteiger partial charge on any atom is 0.268 e. The highest BCUT2D eigenvalue weighted by atomic mass is 32.1. The maximum absolute atomic E-state index is 13.2. The van der Waals surface area contributed by atoms with E-state index in [0.29, 0.717) is 12.6 Å². The molecular weight excluding hydrogens is 310 g/mol. The van der Waals surface area contributed by atoms with E-state index < -0.39 is 0 Å². The number of aryl methyl sites for hydroxylation is 1. The number of nitrogens with one attached hydrogen (secondary N) is 1. The van der Waals surface area contributed by atoms with Crippen molar-refractivity contribution < 1.29 is 9.53 Å². The fourth-order valence-corrected chi connectivity index (χ4v) is 4.23. The number of ether oxygens (including phenoxy) is 1. The number of rotatable bonds is 5. The molecule has 0 aromatic carbocycles. The van der Waals surface area contributed by atoms with Gasteiger partial charge in [-0.3, -0.25) is 9.89 Å². The van der Waals surface area contributed by atoms with Crippen LogP contribution in [0.5, 0.6) is 5.75 Å². The first-order valence-electron chi connectivity index (χ1n) is 8.32. The van der Waals surface area contributed by atoms with Crippen LogP contribution >= 0.6 is 11.3 Å². The summed E-state index contributed by atoms with van der Waals surface area (Å²) in [7, 11) is 0. The lowest BCUT2D eigenvalue weighted by Crippen LogP contribution is -2.44. The van der Waals surface area contributed by atoms with E-state index in [-0.39, 0.29) is 11.9 Å². The van der Waals surface area contributed by atoms with Crippen LogP contribution in [0.2, 0.25) is 0 Å². The minimum atomic E-state index is 0.142. The number of H-pyrrole nitrogens is 1. The highest BCUT2D eigenvalue weighted by Crippen LogP contribution is 2.37. The van der Waals surface area contributed by atoms with Crippen LogP contribution < -0.4 is 4.74 Å². The molecule has 1 amide bonds. The Morgan fingerprint density at radius 1 is 1.43 bits per heavy atom. The smallest absolute Gasteiger partial charge is 0.268 e. The Balaban J connectivity index is 1.59. The molecule has 0 radical (unpaired) electrons. The van der Waals surface area contributed by atoms with Crippen LogP contribution in [-0.2, 0) is 12.8 Å². The van der Waals surface area contributed by atoms with Crippen LogP contribution in [0.25, 0.3) is 0 Å². The van der Waals surface area contributed by atoms with E-state index in [0.717, 1.165) is 42.7 Å². The van der Waals surface area contributed by atoms with Gasteiger partial charge in [0.25, 0.3) is 5.91 Å². The number of nitrogens with zero attached hydrogens (tertiary/aromatic N) is 2. The lowest BCUT2D eigenvalue weighted by molar-refractivity contribution is 0.0644. The van der Waals surface area contributed by atoms with Crippen molar-refractivity contribution in [1.82, 2.24) is 15.1 Å². The molecule has 0 aliphatic heterocycles. The monoisotopic (exact) mass is 331 g/mol. The quantitative estimate of drug-likeness (QED) is 0.916. The molecule has 1 unspecified atom stereocenters. The number of hydrogen-bond acceptors (Lipinski definition) is 4. The zero-order chi connectivity index (χ0) is 15.8. The number of hydrogen-bond donors (Lipinski definition) is 1. The van der Waals surface area contributed by atoms with E-state index in [9.17, 15) is 4.79 Å². The SMILES string of the molecule is CCOc1ccsc1C(=O)N(C1CC1)C1CCc2[nH]ncc2C1. The van der Waals surface area contributed by atoms with E-state index >= 15 is 0 Å². The van der Waals surface area contributed by atoms with Gasteiger partial charge in [-0.2, -0.15) is 5.10 Å². The number of carbonyl (C=O) groups excluding carboxylic acids is 1. The molecule has 1 fully saturated rings. The van der Waals surface area contributed by atoms with Crippen LogP contribution in [0.15, 0.2) is 17.6 Å². The molecule has 0 spiro atoms. The summed E-state index contributed by atoms with van der Waals surface area (Å²) in [6, 6.07) is 2.58. The standard InChI is InChI=1S/C17H21N3O2S/c1-2-22-15-7-8-23-16(15)17(21)20(12-3-4-12)13-5-6-14-11(9-13)10-18-19-14/h7-8,10,12-13H,2-6,9H2,1H3,(H,18,19). The van der Waals surface area contributed by atoms with Crippen molar-refractivity contribution in [2.75, 3.05) is 6.61 Å². The summed E-state index contributed by atoms with van der Waals surface area (Å²) >= 11 is 1.49. The van der Waals surface area contributed by atoms with Gasteiger partial charge in [0.15, 0.2) is 0 Å². The predicted molar refractivity (Wildman–Crippen MR) is 89.1 cm³/mol. The van der Waals surface area contributed by atoms with Gasteiger partial charge in [-0.15, -0.1) is 11.3 Å². The maximum atomic E-state index is 13.2. The fraction of sp³-hybridized carbons (Fsp3) is 0.529. The van der Waals surface area contributed by atoms with E-state index in [4.69, 9.17) is 4.74 Å². The Morgan fingerprint density at radius 2 is 2.30 bits per heavy atom. The van der Waals surface area contributed by atoms with E-state index in [2.05, 4.69) is 15.1 Å². The molecule has 0 saturated heterocycles. The molecule has 2 heterocycles. The van der Waals surface area contributed by atoms with Crippen molar-refractivity contribution in [1.29, 1.82) is 0 Å². The highest BCUT2D eigenvalue weighted by Gasteiger charge is 2.40. The zero-order valence-corrected chi connectivity index (χ0v) is 14.1. The van der Waals surface area contributed by atoms with Gasteiger partial charge in [0, 0.05) is 17.8 Å². The lowest BCUT2D eigenvalue weighted by atomic mass is 9.92. The molecule has 2 aliphatic rings. The zero-order valence-electron chi connectivity index (χ0n) is 13.2. The van der Waals surface area contributed by atoms with Crippen molar-refractivity contribution in [3.05, 3.63) is 33.8 Å². The number of aromatic nitrogens is 2. The van der Waals surface area contributed by atoms with Crippen molar-refractivity contribution >= 4 is 17.2 Å². The van der Waals surface area contributed by atoms with Crippen molar-refractivity contribution in [3.8, 4) is 5.75 Å². The van der Waals surface area contributed by atoms with Crippen LogP contribution in [0.3, 0.4) is 0 Å². The van der Waals surface area contributed by atoms with Crippen LogP contribution in [0.1, 0.15) is 47.1 Å². The first-order valence-corrected chi connectivity index (χ1v) is 9.20. The largest absolute Gasteiger partial charge is 0.492 e. The summed E-state index contributed by atoms with van der Waals surface area (Å²) in [5.41, 5.74) is 2.49. The summed E-state index contributed by atoms with van der Waals surface area (Å²) in [6.45, 7) is 2.54. The minimum absolute atomic E-state index is 0.142. The van der Waals surface area contributed by atoms with Crippen LogP contribution in [-0.4, -0.2) is 39.7 Å². The summed E-state index contributed by atoms with van der Waals surface area (Å²) in [4.78, 5) is 16.0. The molecule has 23 heavy (non-hydrogen) atoms. The first kappa shape index (κ1) is 14.8. The first-order chi connectivity index (χ1) is 11.3. The Labute approximate surface area is 139 Å². The van der Waals surface area contributed by atoms with Gasteiger partial charge >= 0.3 is 0 Å². The third-order valence-electron chi connectivity index (χ3n) is 4.68. The molecule has 2 aromatic heterocycles. The molecular formula is C17H21N3O2S. The van der Waals surface area contributed by atoms with Gasteiger partial charge in [-0.25, -0.2) is 0 Å². The topological polar surface area (TPSA) is 58.2 Å². The molecule has 2 aromatic rings. The van der Waals surface area contributed by atoms with Crippen LogP contribution in [0, 0.1) is 0 Å². The van der Waals surface area contributed by atoms with Gasteiger partial charge in [-0.1, -0.05) is 0 Å². The van der Waals surface area contributed by atoms with Gasteiger partial charge in [0.05, 0.1) is 12.8 Å². The summed E-state index contributed by atoms with van der Waals surface area (Å²) < 4.78 is 5.63. The number of thiophene rings is 1. The summed E-state index contributed by atoms with van der Waals surface area (Å²) in [5.74, 6) is 0.871. The molecule has 122 valence electrons. The number of amides is 1. The Morgan fingerprint density at radius 3 is 3.09 bits per heavy atom. The van der Waals surface area contributed by atoms with E-state index in [1.54, 1.807) is 0 Å². The molecule has 1 N–H and O–H groups in total. The number of carbonyl (C=O) groups is 1. The van der Waals surface area contributed by atoms with Crippen molar-refractivity contribution in [3.63, 3.8) is 0 Å². The average Bonchev–Trinajstić information content (AvgIpc) is 3.09. The third kappa shape index (κ3) is 2.76. The Bertz CT molecular complexity index is 704.